The third kappa shape index (κ3) is 4.57. The average molecular weight is 397 g/mol. The van der Waals surface area contributed by atoms with Gasteiger partial charge in [-0.3, -0.25) is 4.90 Å². The monoisotopic (exact) mass is 396 g/mol. The Bertz CT molecular complexity index is 623. The highest BCUT2D eigenvalue weighted by Crippen LogP contribution is 2.44. The number of nitrogens with two attached hydrogens (primary N) is 2. The number of thioether (sulfide) groups is 1. The molecule has 0 atom stereocenters. The Morgan fingerprint density at radius 2 is 2.19 bits per heavy atom. The van der Waals surface area contributed by atoms with Crippen molar-refractivity contribution in [2.24, 2.45) is 11.6 Å². The Balaban J connectivity index is 1.58. The Hall–Kier alpha value is -0.730. The zero-order valence-corrected chi connectivity index (χ0v) is 17.6. The van der Waals surface area contributed by atoms with Gasteiger partial charge >= 0.3 is 0 Å². The molecule has 7 heteroatoms. The fourth-order valence-electron chi connectivity index (χ4n) is 3.88. The number of likely N-dealkylation sites (tertiary alicyclic amines) is 1. The first kappa shape index (κ1) is 20.0. The summed E-state index contributed by atoms with van der Waals surface area (Å²) in [6.07, 6.45) is 6.15. The van der Waals surface area contributed by atoms with Gasteiger partial charge < -0.3 is 15.5 Å². The van der Waals surface area contributed by atoms with Crippen molar-refractivity contribution >= 4 is 23.1 Å². The summed E-state index contributed by atoms with van der Waals surface area (Å²) in [6, 6.07) is 2.40. The second-order valence-electron chi connectivity index (χ2n) is 7.11. The molecule has 0 bridgehead atoms. The van der Waals surface area contributed by atoms with Crippen LogP contribution in [0.1, 0.15) is 42.0 Å². The quantitative estimate of drug-likeness (QED) is 0.420. The molecule has 0 saturated carbocycles. The normalized spacial score (nSPS) is 20.3. The van der Waals surface area contributed by atoms with Crippen molar-refractivity contribution in [3.8, 4) is 0 Å². The van der Waals surface area contributed by atoms with Crippen LogP contribution in [0.3, 0.4) is 0 Å². The second-order valence-corrected chi connectivity index (χ2v) is 9.58. The third-order valence-electron chi connectivity index (χ3n) is 5.25. The summed E-state index contributed by atoms with van der Waals surface area (Å²) in [7, 11) is 0. The van der Waals surface area contributed by atoms with E-state index in [-0.39, 0.29) is 5.60 Å². The highest BCUT2D eigenvalue weighted by atomic mass is 32.2. The number of piperidine rings is 1. The predicted molar refractivity (Wildman–Crippen MR) is 112 cm³/mol. The van der Waals surface area contributed by atoms with Crippen molar-refractivity contribution < 1.29 is 4.74 Å². The summed E-state index contributed by atoms with van der Waals surface area (Å²) in [4.78, 5) is 5.46. The molecule has 4 N–H and O–H groups in total. The van der Waals surface area contributed by atoms with E-state index in [2.05, 4.69) is 24.8 Å². The Kier molecular flexibility index (Phi) is 6.91. The number of hydrogen-bond donors (Lipinski definition) is 2. The van der Waals surface area contributed by atoms with E-state index >= 15 is 0 Å². The first-order valence-electron chi connectivity index (χ1n) is 9.60. The topological polar surface area (TPSA) is 67.8 Å². The number of fused-ring (bicyclic) bond motifs is 2. The van der Waals surface area contributed by atoms with E-state index in [0.29, 0.717) is 0 Å². The lowest BCUT2D eigenvalue weighted by atomic mass is 9.82. The predicted octanol–water partition coefficient (Wildman–Crippen LogP) is 2.86. The fraction of sp³-hybridized carbons (Fsp3) is 0.684. The molecular formula is C19H32N4OS2. The summed E-state index contributed by atoms with van der Waals surface area (Å²) in [5, 5.41) is 1.68. The number of aryl methyl sites for hydroxylation is 1. The average Bonchev–Trinajstić information content (AvgIpc) is 3.07. The maximum Gasteiger partial charge on any atom is 0.0966 e. The van der Waals surface area contributed by atoms with Crippen molar-refractivity contribution in [1.82, 2.24) is 9.91 Å². The van der Waals surface area contributed by atoms with Gasteiger partial charge in [0, 0.05) is 47.7 Å². The van der Waals surface area contributed by atoms with Crippen molar-refractivity contribution in [1.29, 1.82) is 0 Å². The van der Waals surface area contributed by atoms with Crippen LogP contribution in [-0.4, -0.2) is 47.8 Å². The standard InChI is InChI=1S/C19H32N4OS2/c1-3-16-11-17-18(26-16)5-10-24-19(17)6-8-22(9-7-19)12-15(20)13-23(21)14-25-4-2/h11,13H,3-10,12,14,20-21H2,1-2H3/b15-13-. The molecule has 2 aliphatic rings. The molecule has 1 saturated heterocycles. The van der Waals surface area contributed by atoms with Gasteiger partial charge in [-0.1, -0.05) is 13.8 Å². The SMILES string of the molecule is CCSCN(N)/C=C(\N)CN1CCC2(CC1)OCCc1sc(CC)cc12. The van der Waals surface area contributed by atoms with Crippen LogP contribution in [0.25, 0.3) is 0 Å². The fourth-order valence-corrected chi connectivity index (χ4v) is 5.52. The molecule has 146 valence electrons. The highest BCUT2D eigenvalue weighted by Gasteiger charge is 2.41. The minimum absolute atomic E-state index is 0.0653. The van der Waals surface area contributed by atoms with Gasteiger partial charge in [0.15, 0.2) is 0 Å². The van der Waals surface area contributed by atoms with Gasteiger partial charge in [-0.05, 0) is 36.6 Å². The molecule has 0 radical (unpaired) electrons. The molecule has 3 rings (SSSR count). The molecule has 3 heterocycles. The molecule has 2 aliphatic heterocycles. The summed E-state index contributed by atoms with van der Waals surface area (Å²) in [5.74, 6) is 7.79. The van der Waals surface area contributed by atoms with Gasteiger partial charge in [0.1, 0.15) is 0 Å². The molecule has 5 nitrogen and oxygen atoms in total. The van der Waals surface area contributed by atoms with Crippen LogP contribution in [-0.2, 0) is 23.2 Å². The van der Waals surface area contributed by atoms with Gasteiger partial charge in [0.05, 0.1) is 18.1 Å². The molecule has 0 amide bonds. The van der Waals surface area contributed by atoms with Crippen molar-refractivity contribution in [3.05, 3.63) is 33.3 Å². The van der Waals surface area contributed by atoms with Crippen molar-refractivity contribution in [3.63, 3.8) is 0 Å². The van der Waals surface area contributed by atoms with Gasteiger partial charge in [0.25, 0.3) is 0 Å². The molecule has 1 aromatic heterocycles. The number of rotatable bonds is 7. The lowest BCUT2D eigenvalue weighted by Gasteiger charge is -2.44. The van der Waals surface area contributed by atoms with Crippen LogP contribution in [0.4, 0.5) is 0 Å². The highest BCUT2D eigenvalue weighted by molar-refractivity contribution is 7.99. The van der Waals surface area contributed by atoms with Crippen LogP contribution in [0.15, 0.2) is 18.0 Å². The number of ether oxygens (including phenoxy) is 1. The lowest BCUT2D eigenvalue weighted by Crippen LogP contribution is -2.47. The Morgan fingerprint density at radius 1 is 1.42 bits per heavy atom. The van der Waals surface area contributed by atoms with E-state index in [4.69, 9.17) is 16.3 Å². The van der Waals surface area contributed by atoms with E-state index in [1.807, 2.05) is 17.5 Å². The van der Waals surface area contributed by atoms with E-state index in [0.717, 1.165) is 69.3 Å². The zero-order valence-electron chi connectivity index (χ0n) is 16.0. The minimum Gasteiger partial charge on any atom is -0.400 e. The maximum absolute atomic E-state index is 6.36. The minimum atomic E-state index is -0.0653. The molecule has 0 unspecified atom stereocenters. The smallest absolute Gasteiger partial charge is 0.0966 e. The van der Waals surface area contributed by atoms with E-state index in [9.17, 15) is 0 Å². The largest absolute Gasteiger partial charge is 0.400 e. The second kappa shape index (κ2) is 8.97. The van der Waals surface area contributed by atoms with Gasteiger partial charge in [0.2, 0.25) is 0 Å². The van der Waals surface area contributed by atoms with Crippen LogP contribution in [0.5, 0.6) is 0 Å². The van der Waals surface area contributed by atoms with Crippen LogP contribution >= 0.6 is 23.1 Å². The van der Waals surface area contributed by atoms with E-state index in [1.165, 1.54) is 10.4 Å². The molecule has 0 aliphatic carbocycles. The zero-order chi connectivity index (χ0) is 18.6. The number of hydrazine groups is 1. The maximum atomic E-state index is 6.36. The molecular weight excluding hydrogens is 364 g/mol. The van der Waals surface area contributed by atoms with Gasteiger partial charge in [-0.15, -0.1) is 23.1 Å². The third-order valence-corrected chi connectivity index (χ3v) is 7.48. The molecule has 1 spiro atoms. The molecule has 1 aromatic rings. The Labute approximate surface area is 165 Å². The number of thiophene rings is 1. The summed E-state index contributed by atoms with van der Waals surface area (Å²) >= 11 is 3.77. The summed E-state index contributed by atoms with van der Waals surface area (Å²) in [5.41, 5.74) is 8.44. The van der Waals surface area contributed by atoms with Gasteiger partial charge in [-0.25, -0.2) is 5.84 Å². The van der Waals surface area contributed by atoms with Crippen LogP contribution in [0, 0.1) is 0 Å². The van der Waals surface area contributed by atoms with E-state index in [1.54, 1.807) is 21.6 Å². The van der Waals surface area contributed by atoms with Crippen molar-refractivity contribution in [2.75, 3.05) is 37.9 Å². The lowest BCUT2D eigenvalue weighted by molar-refractivity contribution is -0.0961. The first-order valence-corrected chi connectivity index (χ1v) is 11.6. The van der Waals surface area contributed by atoms with Crippen molar-refractivity contribution in [2.45, 2.75) is 45.1 Å². The van der Waals surface area contributed by atoms with E-state index < -0.39 is 0 Å². The molecule has 26 heavy (non-hydrogen) atoms. The number of nitrogens with zero attached hydrogens (tertiary/aromatic N) is 2. The van der Waals surface area contributed by atoms with Crippen LogP contribution < -0.4 is 11.6 Å². The molecule has 1 fully saturated rings. The summed E-state index contributed by atoms with van der Waals surface area (Å²) in [6.45, 7) is 8.03. The summed E-state index contributed by atoms with van der Waals surface area (Å²) < 4.78 is 6.36. The Morgan fingerprint density at radius 3 is 2.88 bits per heavy atom. The number of hydrogen-bond acceptors (Lipinski definition) is 7. The first-order chi connectivity index (χ1) is 12.6. The van der Waals surface area contributed by atoms with Crippen LogP contribution in [0.2, 0.25) is 0 Å². The van der Waals surface area contributed by atoms with Gasteiger partial charge in [-0.2, -0.15) is 0 Å². The molecule has 0 aromatic carbocycles.